The molecule has 0 radical (unpaired) electrons. The van der Waals surface area contributed by atoms with Gasteiger partial charge in [0, 0.05) is 19.2 Å². The largest absolute Gasteiger partial charge is 0.343 e. The summed E-state index contributed by atoms with van der Waals surface area (Å²) in [5.41, 5.74) is 0.334. The van der Waals surface area contributed by atoms with Crippen LogP contribution >= 0.6 is 11.6 Å². The zero-order valence-corrected chi connectivity index (χ0v) is 12.5. The number of carbonyl (C=O) groups excluding carboxylic acids is 1. The zero-order valence-electron chi connectivity index (χ0n) is 11.7. The molecule has 110 valence electrons. The maximum absolute atomic E-state index is 12.0. The van der Waals surface area contributed by atoms with E-state index in [1.54, 1.807) is 12.1 Å². The summed E-state index contributed by atoms with van der Waals surface area (Å²) in [5, 5.41) is 11.7. The Hall–Kier alpha value is -1.95. The minimum Gasteiger partial charge on any atom is -0.343 e. The van der Waals surface area contributed by atoms with E-state index in [1.165, 1.54) is 25.5 Å². The molecule has 2 aromatic rings. The van der Waals surface area contributed by atoms with Crippen LogP contribution in [0.3, 0.4) is 0 Å². The topological polar surface area (TPSA) is 72.7 Å². The highest BCUT2D eigenvalue weighted by atomic mass is 35.5. The molecule has 1 aliphatic carbocycles. The van der Waals surface area contributed by atoms with Crippen LogP contribution in [-0.4, -0.2) is 25.7 Å². The van der Waals surface area contributed by atoms with Crippen LogP contribution in [0, 0.1) is 0 Å². The van der Waals surface area contributed by atoms with Gasteiger partial charge < -0.3 is 9.88 Å². The van der Waals surface area contributed by atoms with Gasteiger partial charge in [-0.2, -0.15) is 0 Å². The minimum atomic E-state index is -0.250. The molecule has 1 amide bonds. The van der Waals surface area contributed by atoms with Gasteiger partial charge in [-0.1, -0.05) is 18.0 Å². The van der Waals surface area contributed by atoms with Crippen LogP contribution in [0.4, 0.5) is 0 Å². The standard InChI is InChI=1S/C14H16ClN5O/c1-20-12(18-19-13(20)9-3-2-4-9)8-17-14(21)11-6-5-10(15)7-16-11/h5-7,9H,2-4,8H2,1H3,(H,17,21). The Labute approximate surface area is 127 Å². The lowest BCUT2D eigenvalue weighted by molar-refractivity contribution is 0.0944. The van der Waals surface area contributed by atoms with Gasteiger partial charge in [-0.15, -0.1) is 10.2 Å². The van der Waals surface area contributed by atoms with Crippen LogP contribution in [0.25, 0.3) is 0 Å². The van der Waals surface area contributed by atoms with Crippen molar-refractivity contribution in [3.8, 4) is 0 Å². The van der Waals surface area contributed by atoms with E-state index in [1.807, 2.05) is 11.6 Å². The van der Waals surface area contributed by atoms with Gasteiger partial charge in [0.15, 0.2) is 5.82 Å². The number of carbonyl (C=O) groups is 1. The van der Waals surface area contributed by atoms with E-state index in [2.05, 4.69) is 20.5 Å². The second-order valence-electron chi connectivity index (χ2n) is 5.21. The summed E-state index contributed by atoms with van der Waals surface area (Å²) >= 11 is 5.75. The van der Waals surface area contributed by atoms with Crippen molar-refractivity contribution in [2.45, 2.75) is 31.7 Å². The van der Waals surface area contributed by atoms with Gasteiger partial charge in [-0.25, -0.2) is 4.98 Å². The Bertz CT molecular complexity index is 648. The van der Waals surface area contributed by atoms with Crippen LogP contribution in [0.2, 0.25) is 5.02 Å². The normalized spacial score (nSPS) is 14.8. The van der Waals surface area contributed by atoms with Crippen LogP contribution in [-0.2, 0) is 13.6 Å². The molecule has 1 saturated carbocycles. The van der Waals surface area contributed by atoms with Crippen molar-refractivity contribution in [1.82, 2.24) is 25.1 Å². The maximum atomic E-state index is 12.0. The SMILES string of the molecule is Cn1c(CNC(=O)c2ccc(Cl)cn2)nnc1C1CCC1. The molecule has 21 heavy (non-hydrogen) atoms. The number of nitrogens with one attached hydrogen (secondary N) is 1. The molecular weight excluding hydrogens is 290 g/mol. The van der Waals surface area contributed by atoms with E-state index >= 15 is 0 Å². The first-order valence-corrected chi connectivity index (χ1v) is 7.31. The number of hydrogen-bond donors (Lipinski definition) is 1. The summed E-state index contributed by atoms with van der Waals surface area (Å²) in [5.74, 6) is 2.03. The number of aromatic nitrogens is 4. The number of rotatable bonds is 4. The molecule has 6 nitrogen and oxygen atoms in total. The average Bonchev–Trinajstić information content (AvgIpc) is 2.77. The van der Waals surface area contributed by atoms with Gasteiger partial charge in [-0.05, 0) is 25.0 Å². The Morgan fingerprint density at radius 2 is 2.24 bits per heavy atom. The van der Waals surface area contributed by atoms with Crippen LogP contribution in [0.1, 0.15) is 47.3 Å². The smallest absolute Gasteiger partial charge is 0.270 e. The lowest BCUT2D eigenvalue weighted by atomic mass is 9.85. The molecule has 2 heterocycles. The molecule has 0 bridgehead atoms. The molecule has 1 aliphatic rings. The van der Waals surface area contributed by atoms with E-state index in [0.717, 1.165) is 11.6 Å². The van der Waals surface area contributed by atoms with Gasteiger partial charge in [0.1, 0.15) is 11.5 Å². The van der Waals surface area contributed by atoms with E-state index in [4.69, 9.17) is 11.6 Å². The van der Waals surface area contributed by atoms with Crippen molar-refractivity contribution < 1.29 is 4.79 Å². The van der Waals surface area contributed by atoms with Crippen molar-refractivity contribution >= 4 is 17.5 Å². The molecule has 0 aliphatic heterocycles. The minimum absolute atomic E-state index is 0.250. The number of hydrogen-bond acceptors (Lipinski definition) is 4. The molecule has 1 fully saturated rings. The fourth-order valence-electron chi connectivity index (χ4n) is 2.31. The van der Waals surface area contributed by atoms with Crippen molar-refractivity contribution in [2.24, 2.45) is 7.05 Å². The highest BCUT2D eigenvalue weighted by Gasteiger charge is 2.25. The molecule has 1 N–H and O–H groups in total. The lowest BCUT2D eigenvalue weighted by Crippen LogP contribution is -2.25. The average molecular weight is 306 g/mol. The van der Waals surface area contributed by atoms with Gasteiger partial charge in [0.2, 0.25) is 0 Å². The number of pyridine rings is 1. The maximum Gasteiger partial charge on any atom is 0.270 e. The van der Waals surface area contributed by atoms with Crippen LogP contribution in [0.15, 0.2) is 18.3 Å². The summed E-state index contributed by atoms with van der Waals surface area (Å²) < 4.78 is 1.97. The first kappa shape index (κ1) is 14.0. The number of amides is 1. The predicted molar refractivity (Wildman–Crippen MR) is 78.0 cm³/mol. The Balaban J connectivity index is 1.63. The summed E-state index contributed by atoms with van der Waals surface area (Å²) in [6.07, 6.45) is 5.05. The third-order valence-electron chi connectivity index (χ3n) is 3.84. The van der Waals surface area contributed by atoms with Crippen molar-refractivity contribution in [3.63, 3.8) is 0 Å². The van der Waals surface area contributed by atoms with Crippen molar-refractivity contribution in [2.75, 3.05) is 0 Å². The first-order valence-electron chi connectivity index (χ1n) is 6.93. The Morgan fingerprint density at radius 1 is 1.43 bits per heavy atom. The molecule has 0 unspecified atom stereocenters. The highest BCUT2D eigenvalue weighted by molar-refractivity contribution is 6.30. The van der Waals surface area contributed by atoms with Gasteiger partial charge in [0.05, 0.1) is 11.6 Å². The quantitative estimate of drug-likeness (QED) is 0.938. The van der Waals surface area contributed by atoms with E-state index < -0.39 is 0 Å². The molecule has 3 rings (SSSR count). The fourth-order valence-corrected chi connectivity index (χ4v) is 2.42. The monoisotopic (exact) mass is 305 g/mol. The lowest BCUT2D eigenvalue weighted by Gasteiger charge is -2.24. The summed E-state index contributed by atoms with van der Waals surface area (Å²) in [6, 6.07) is 3.23. The molecular formula is C14H16ClN5O. The first-order chi connectivity index (χ1) is 10.1. The van der Waals surface area contributed by atoms with E-state index in [9.17, 15) is 4.79 Å². The third-order valence-corrected chi connectivity index (χ3v) is 4.06. The molecule has 0 atom stereocenters. The van der Waals surface area contributed by atoms with Gasteiger partial charge in [-0.3, -0.25) is 4.79 Å². The summed E-state index contributed by atoms with van der Waals surface area (Å²) in [6.45, 7) is 0.333. The van der Waals surface area contributed by atoms with Gasteiger partial charge >= 0.3 is 0 Å². The second-order valence-corrected chi connectivity index (χ2v) is 5.64. The molecule has 7 heteroatoms. The molecule has 0 aromatic carbocycles. The van der Waals surface area contributed by atoms with Crippen molar-refractivity contribution in [3.05, 3.63) is 40.7 Å². The number of nitrogens with zero attached hydrogens (tertiary/aromatic N) is 4. The van der Waals surface area contributed by atoms with Crippen LogP contribution in [0.5, 0.6) is 0 Å². The fraction of sp³-hybridized carbons (Fsp3) is 0.429. The molecule has 0 spiro atoms. The number of halogens is 1. The van der Waals surface area contributed by atoms with Gasteiger partial charge in [0.25, 0.3) is 5.91 Å². The molecule has 0 saturated heterocycles. The van der Waals surface area contributed by atoms with E-state index in [-0.39, 0.29) is 5.91 Å². The molecule has 2 aromatic heterocycles. The predicted octanol–water partition coefficient (Wildman–Crippen LogP) is 2.06. The van der Waals surface area contributed by atoms with E-state index in [0.29, 0.717) is 23.2 Å². The summed E-state index contributed by atoms with van der Waals surface area (Å²) in [4.78, 5) is 16.0. The zero-order chi connectivity index (χ0) is 14.8. The van der Waals surface area contributed by atoms with Crippen LogP contribution < -0.4 is 5.32 Å². The third kappa shape index (κ3) is 2.90. The second kappa shape index (κ2) is 5.81. The summed E-state index contributed by atoms with van der Waals surface area (Å²) in [7, 11) is 1.94. The highest BCUT2D eigenvalue weighted by Crippen LogP contribution is 2.34. The van der Waals surface area contributed by atoms with Crippen molar-refractivity contribution in [1.29, 1.82) is 0 Å². The Kier molecular flexibility index (Phi) is 3.88. The Morgan fingerprint density at radius 3 is 2.86 bits per heavy atom.